The van der Waals surface area contributed by atoms with Gasteiger partial charge in [-0.25, -0.2) is 0 Å². The maximum atomic E-state index is 12.8. The molecular weight excluding hydrogens is 436 g/mol. The van der Waals surface area contributed by atoms with E-state index in [1.807, 2.05) is 17.0 Å². The van der Waals surface area contributed by atoms with Gasteiger partial charge >= 0.3 is 0 Å². The molecule has 2 saturated carbocycles. The third-order valence-electron chi connectivity index (χ3n) is 9.13. The fourth-order valence-corrected chi connectivity index (χ4v) is 7.19. The van der Waals surface area contributed by atoms with Crippen LogP contribution in [0.15, 0.2) is 42.5 Å². The summed E-state index contributed by atoms with van der Waals surface area (Å²) in [4.78, 5) is 17.5. The maximum absolute atomic E-state index is 12.8. The molecule has 2 aromatic carbocycles. The Kier molecular flexibility index (Phi) is 6.55. The first kappa shape index (κ1) is 23.1. The highest BCUT2D eigenvalue weighted by Gasteiger charge is 2.43. The fourth-order valence-electron chi connectivity index (χ4n) is 7.19. The number of methoxy groups -OCH3 is 1. The van der Waals surface area contributed by atoms with Gasteiger partial charge in [0.1, 0.15) is 5.75 Å². The molecule has 2 bridgehead atoms. The van der Waals surface area contributed by atoms with Crippen molar-refractivity contribution in [3.8, 4) is 16.9 Å². The van der Waals surface area contributed by atoms with Crippen LogP contribution in [0.25, 0.3) is 11.1 Å². The zero-order chi connectivity index (χ0) is 23.8. The number of morpholine rings is 1. The third kappa shape index (κ3) is 4.61. The number of fused-ring (bicyclic) bond motifs is 2. The van der Waals surface area contributed by atoms with Crippen molar-refractivity contribution < 1.29 is 14.3 Å². The van der Waals surface area contributed by atoms with Crippen LogP contribution in [-0.4, -0.2) is 68.3 Å². The number of likely N-dealkylation sites (tertiary alicyclic amines) is 1. The van der Waals surface area contributed by atoms with E-state index in [4.69, 9.17) is 9.47 Å². The van der Waals surface area contributed by atoms with Gasteiger partial charge in [-0.2, -0.15) is 0 Å². The molecule has 5 heteroatoms. The fraction of sp³-hybridized carbons (Fsp3) is 0.567. The standard InChI is InChI=1S/C30H38N2O3/c1-34-29-9-8-25(22-4-6-24(7-5-22)30(33)32-14-16-35-17-15-32)20-27(29)23-10-12-31(13-11-23)28-19-21-2-3-26(28)18-21/h4-9,20-21,23,26,28H,2-3,10-19H2,1H3/t21-,26-,28-/m0/s1. The SMILES string of the molecule is COc1ccc(-c2ccc(C(=O)N3CCOCC3)cc2)cc1C1CCN([C@H]2C[C@H]3CC[C@H]2C3)CC1. The van der Waals surface area contributed by atoms with Crippen molar-refractivity contribution >= 4 is 5.91 Å². The Balaban J connectivity index is 1.15. The van der Waals surface area contributed by atoms with Gasteiger partial charge in [0.15, 0.2) is 0 Å². The van der Waals surface area contributed by atoms with E-state index < -0.39 is 0 Å². The molecule has 3 atom stereocenters. The monoisotopic (exact) mass is 474 g/mol. The van der Waals surface area contributed by atoms with E-state index in [1.165, 1.54) is 62.7 Å². The van der Waals surface area contributed by atoms with E-state index in [9.17, 15) is 4.79 Å². The van der Waals surface area contributed by atoms with Crippen LogP contribution in [0, 0.1) is 11.8 Å². The lowest BCUT2D eigenvalue weighted by Crippen LogP contribution is -2.43. The van der Waals surface area contributed by atoms with E-state index in [0.717, 1.165) is 34.8 Å². The molecule has 4 aliphatic rings. The van der Waals surface area contributed by atoms with E-state index >= 15 is 0 Å². The van der Waals surface area contributed by atoms with Gasteiger partial charge in [-0.05, 0) is 104 Å². The molecule has 0 unspecified atom stereocenters. The average Bonchev–Trinajstić information content (AvgIpc) is 3.57. The van der Waals surface area contributed by atoms with Gasteiger partial charge in [0.25, 0.3) is 5.91 Å². The van der Waals surface area contributed by atoms with Crippen LogP contribution < -0.4 is 4.74 Å². The van der Waals surface area contributed by atoms with E-state index in [0.29, 0.717) is 32.2 Å². The zero-order valence-electron chi connectivity index (χ0n) is 21.0. The number of carbonyl (C=O) groups excluding carboxylic acids is 1. The van der Waals surface area contributed by atoms with Gasteiger partial charge in [0, 0.05) is 24.7 Å². The van der Waals surface area contributed by atoms with Crippen molar-refractivity contribution in [1.82, 2.24) is 9.80 Å². The molecule has 1 amide bonds. The molecule has 35 heavy (non-hydrogen) atoms. The molecule has 0 N–H and O–H groups in total. The van der Waals surface area contributed by atoms with Crippen molar-refractivity contribution in [3.05, 3.63) is 53.6 Å². The number of carbonyl (C=O) groups is 1. The summed E-state index contributed by atoms with van der Waals surface area (Å²) < 4.78 is 11.2. The summed E-state index contributed by atoms with van der Waals surface area (Å²) in [7, 11) is 1.79. The van der Waals surface area contributed by atoms with Crippen LogP contribution in [0.2, 0.25) is 0 Å². The first-order chi connectivity index (χ1) is 17.2. The molecule has 2 saturated heterocycles. The minimum Gasteiger partial charge on any atom is -0.496 e. The molecular formula is C30H38N2O3. The molecule has 4 fully saturated rings. The van der Waals surface area contributed by atoms with Crippen LogP contribution in [0.1, 0.15) is 60.4 Å². The zero-order valence-corrected chi connectivity index (χ0v) is 21.0. The second-order valence-electron chi connectivity index (χ2n) is 11.0. The number of hydrogen-bond acceptors (Lipinski definition) is 4. The highest BCUT2D eigenvalue weighted by atomic mass is 16.5. The Morgan fingerprint density at radius 1 is 0.886 bits per heavy atom. The smallest absolute Gasteiger partial charge is 0.254 e. The molecule has 2 heterocycles. The predicted octanol–water partition coefficient (Wildman–Crippen LogP) is 5.20. The predicted molar refractivity (Wildman–Crippen MR) is 138 cm³/mol. The minimum atomic E-state index is 0.0949. The van der Waals surface area contributed by atoms with Crippen molar-refractivity contribution in [2.75, 3.05) is 46.5 Å². The summed E-state index contributed by atoms with van der Waals surface area (Å²) in [6.45, 7) is 5.01. The number of hydrogen-bond donors (Lipinski definition) is 0. The van der Waals surface area contributed by atoms with E-state index in [1.54, 1.807) is 7.11 Å². The Hall–Kier alpha value is -2.37. The summed E-state index contributed by atoms with van der Waals surface area (Å²) in [5, 5.41) is 0. The summed E-state index contributed by atoms with van der Waals surface area (Å²) >= 11 is 0. The van der Waals surface area contributed by atoms with Crippen molar-refractivity contribution in [2.45, 2.75) is 50.5 Å². The first-order valence-corrected chi connectivity index (χ1v) is 13.6. The lowest BCUT2D eigenvalue weighted by Gasteiger charge is -2.40. The average molecular weight is 475 g/mol. The lowest BCUT2D eigenvalue weighted by molar-refractivity contribution is 0.0303. The quantitative estimate of drug-likeness (QED) is 0.597. The molecule has 0 radical (unpaired) electrons. The van der Waals surface area contributed by atoms with Gasteiger partial charge in [0.05, 0.1) is 20.3 Å². The van der Waals surface area contributed by atoms with Crippen LogP contribution in [-0.2, 0) is 4.74 Å². The molecule has 2 aromatic rings. The van der Waals surface area contributed by atoms with Crippen LogP contribution in [0.5, 0.6) is 5.75 Å². The molecule has 6 rings (SSSR count). The summed E-state index contributed by atoms with van der Waals surface area (Å²) in [6.07, 6.45) is 8.28. The number of amides is 1. The Bertz CT molecular complexity index is 1040. The first-order valence-electron chi connectivity index (χ1n) is 13.6. The number of nitrogens with zero attached hydrogens (tertiary/aromatic N) is 2. The number of piperidine rings is 1. The highest BCUT2D eigenvalue weighted by molar-refractivity contribution is 5.94. The van der Waals surface area contributed by atoms with Crippen molar-refractivity contribution in [1.29, 1.82) is 0 Å². The normalized spacial score (nSPS) is 27.3. The van der Waals surface area contributed by atoms with E-state index in [-0.39, 0.29) is 5.91 Å². The minimum absolute atomic E-state index is 0.0949. The maximum Gasteiger partial charge on any atom is 0.254 e. The number of rotatable bonds is 5. The largest absolute Gasteiger partial charge is 0.496 e. The molecule has 2 aliphatic carbocycles. The van der Waals surface area contributed by atoms with Crippen LogP contribution in [0.4, 0.5) is 0 Å². The Morgan fingerprint density at radius 2 is 1.63 bits per heavy atom. The molecule has 0 spiro atoms. The van der Waals surface area contributed by atoms with Gasteiger partial charge in [-0.3, -0.25) is 4.79 Å². The van der Waals surface area contributed by atoms with Crippen LogP contribution >= 0.6 is 0 Å². The summed E-state index contributed by atoms with van der Waals surface area (Å²) in [5.41, 5.74) is 4.43. The molecule has 2 aliphatic heterocycles. The van der Waals surface area contributed by atoms with Crippen molar-refractivity contribution in [3.63, 3.8) is 0 Å². The van der Waals surface area contributed by atoms with Crippen molar-refractivity contribution in [2.24, 2.45) is 11.8 Å². The van der Waals surface area contributed by atoms with E-state index in [2.05, 4.69) is 35.2 Å². The van der Waals surface area contributed by atoms with Gasteiger partial charge in [-0.1, -0.05) is 24.6 Å². The Labute approximate surface area is 209 Å². The molecule has 186 valence electrons. The lowest BCUT2D eigenvalue weighted by atomic mass is 9.85. The number of benzene rings is 2. The third-order valence-corrected chi connectivity index (χ3v) is 9.13. The highest BCUT2D eigenvalue weighted by Crippen LogP contribution is 2.48. The second-order valence-corrected chi connectivity index (χ2v) is 11.0. The Morgan fingerprint density at radius 3 is 2.29 bits per heavy atom. The molecule has 0 aromatic heterocycles. The van der Waals surface area contributed by atoms with Gasteiger partial charge in [-0.15, -0.1) is 0 Å². The number of ether oxygens (including phenoxy) is 2. The van der Waals surface area contributed by atoms with Gasteiger partial charge in [0.2, 0.25) is 0 Å². The van der Waals surface area contributed by atoms with Crippen LogP contribution in [0.3, 0.4) is 0 Å². The summed E-state index contributed by atoms with van der Waals surface area (Å²) in [6, 6.07) is 15.5. The van der Waals surface area contributed by atoms with Gasteiger partial charge < -0.3 is 19.3 Å². The second kappa shape index (κ2) is 9.94. The molecule has 5 nitrogen and oxygen atoms in total. The summed E-state index contributed by atoms with van der Waals surface area (Å²) in [5.74, 6) is 3.62. The topological polar surface area (TPSA) is 42.0 Å².